The van der Waals surface area contributed by atoms with Crippen LogP contribution in [0.4, 0.5) is 17.1 Å². The monoisotopic (exact) mass is 641 g/mol. The van der Waals surface area contributed by atoms with Crippen molar-refractivity contribution in [3.63, 3.8) is 0 Å². The van der Waals surface area contributed by atoms with Crippen molar-refractivity contribution in [1.82, 2.24) is 0 Å². The van der Waals surface area contributed by atoms with Crippen LogP contribution in [0.15, 0.2) is 137 Å². The Morgan fingerprint density at radius 2 is 1.06 bits per heavy atom. The molecule has 9 nitrogen and oxygen atoms in total. The summed E-state index contributed by atoms with van der Waals surface area (Å²) in [6.07, 6.45) is 3.33. The molecule has 0 fully saturated rings. The average Bonchev–Trinajstić information content (AvgIpc) is 3.13. The van der Waals surface area contributed by atoms with Crippen LogP contribution < -0.4 is 18.9 Å². The van der Waals surface area contributed by atoms with Crippen molar-refractivity contribution in [3.8, 4) is 23.0 Å². The highest BCUT2D eigenvalue weighted by Gasteiger charge is 2.15. The number of ether oxygens (including phenoxy) is 4. The SMILES string of the molecule is CCCOc1ccc(C(=O)Oc2ccc(C=Nc3ccc(N=Nc4ccccc4)cc3)c(OC(=O)c3ccc(OCCC)cc3)c2)cc1. The Balaban J connectivity index is 1.34. The van der Waals surface area contributed by atoms with Gasteiger partial charge in [0.1, 0.15) is 23.0 Å². The second kappa shape index (κ2) is 17.0. The molecule has 48 heavy (non-hydrogen) atoms. The molecule has 0 spiro atoms. The molecule has 0 N–H and O–H groups in total. The molecule has 0 unspecified atom stereocenters. The van der Waals surface area contributed by atoms with E-state index in [4.69, 9.17) is 18.9 Å². The van der Waals surface area contributed by atoms with Gasteiger partial charge in [0.25, 0.3) is 0 Å². The van der Waals surface area contributed by atoms with Gasteiger partial charge < -0.3 is 18.9 Å². The minimum Gasteiger partial charge on any atom is -0.494 e. The van der Waals surface area contributed by atoms with E-state index in [1.165, 1.54) is 6.07 Å². The van der Waals surface area contributed by atoms with Gasteiger partial charge in [0.05, 0.1) is 41.4 Å². The lowest BCUT2D eigenvalue weighted by molar-refractivity contribution is 0.0732. The number of carbonyl (C=O) groups is 2. The van der Waals surface area contributed by atoms with E-state index < -0.39 is 11.9 Å². The molecular weight excluding hydrogens is 606 g/mol. The molecule has 0 saturated heterocycles. The summed E-state index contributed by atoms with van der Waals surface area (Å²) in [7, 11) is 0. The Morgan fingerprint density at radius 1 is 0.562 bits per heavy atom. The Kier molecular flexibility index (Phi) is 11.8. The van der Waals surface area contributed by atoms with Gasteiger partial charge in [-0.15, -0.1) is 0 Å². The molecule has 0 saturated carbocycles. The average molecular weight is 642 g/mol. The van der Waals surface area contributed by atoms with Crippen molar-refractivity contribution in [2.45, 2.75) is 26.7 Å². The van der Waals surface area contributed by atoms with E-state index >= 15 is 0 Å². The van der Waals surface area contributed by atoms with Gasteiger partial charge in [-0.25, -0.2) is 9.59 Å². The van der Waals surface area contributed by atoms with Crippen LogP contribution in [0.3, 0.4) is 0 Å². The third-order valence-electron chi connectivity index (χ3n) is 6.76. The van der Waals surface area contributed by atoms with Gasteiger partial charge in [-0.1, -0.05) is 32.0 Å². The summed E-state index contributed by atoms with van der Waals surface area (Å²) in [5.41, 5.74) is 3.25. The number of aliphatic imine (C=N–C) groups is 1. The normalized spacial score (nSPS) is 11.0. The molecule has 0 aromatic heterocycles. The number of azo groups is 1. The first-order valence-electron chi connectivity index (χ1n) is 15.7. The van der Waals surface area contributed by atoms with Gasteiger partial charge in [-0.3, -0.25) is 4.99 Å². The molecule has 5 aromatic carbocycles. The maximum atomic E-state index is 13.2. The van der Waals surface area contributed by atoms with Crippen LogP contribution in [0.5, 0.6) is 23.0 Å². The number of hydrogen-bond acceptors (Lipinski definition) is 9. The van der Waals surface area contributed by atoms with Gasteiger partial charge in [-0.2, -0.15) is 10.2 Å². The van der Waals surface area contributed by atoms with Crippen molar-refractivity contribution >= 4 is 35.2 Å². The summed E-state index contributed by atoms with van der Waals surface area (Å²) in [5, 5.41) is 8.50. The van der Waals surface area contributed by atoms with E-state index in [0.717, 1.165) is 18.5 Å². The fraction of sp³-hybridized carbons (Fsp3) is 0.154. The zero-order chi connectivity index (χ0) is 33.6. The highest BCUT2D eigenvalue weighted by molar-refractivity contribution is 5.94. The molecule has 9 heteroatoms. The first kappa shape index (κ1) is 33.3. The molecule has 242 valence electrons. The number of hydrogen-bond donors (Lipinski definition) is 0. The zero-order valence-electron chi connectivity index (χ0n) is 26.7. The largest absolute Gasteiger partial charge is 0.494 e. The van der Waals surface area contributed by atoms with Gasteiger partial charge >= 0.3 is 11.9 Å². The number of esters is 2. The standard InChI is InChI=1S/C39H35N3O6/c1-3-24-45-34-19-10-28(11-20-34)38(43)47-36-23-14-30(37(26-36)48-39(44)29-12-21-35(22-13-29)46-25-4-2)27-40-31-15-17-33(18-16-31)42-41-32-8-6-5-7-9-32/h5-23,26-27H,3-4,24-25H2,1-2H3. The minimum atomic E-state index is -0.592. The molecule has 0 atom stereocenters. The number of carbonyl (C=O) groups excluding carboxylic acids is 2. The lowest BCUT2D eigenvalue weighted by atomic mass is 10.2. The molecule has 0 bridgehead atoms. The molecular formula is C39H35N3O6. The van der Waals surface area contributed by atoms with E-state index in [1.807, 2.05) is 44.2 Å². The fourth-order valence-electron chi connectivity index (χ4n) is 4.27. The molecule has 0 aliphatic rings. The molecule has 0 radical (unpaired) electrons. The van der Waals surface area contributed by atoms with Crippen LogP contribution in [0.2, 0.25) is 0 Å². The second-order valence-corrected chi connectivity index (χ2v) is 10.5. The first-order chi connectivity index (χ1) is 23.5. The van der Waals surface area contributed by atoms with Crippen molar-refractivity contribution in [1.29, 1.82) is 0 Å². The molecule has 5 aromatic rings. The van der Waals surface area contributed by atoms with Gasteiger partial charge in [0.2, 0.25) is 0 Å². The van der Waals surface area contributed by atoms with Crippen LogP contribution in [0, 0.1) is 0 Å². The van der Waals surface area contributed by atoms with E-state index in [-0.39, 0.29) is 11.5 Å². The minimum absolute atomic E-state index is 0.164. The zero-order valence-corrected chi connectivity index (χ0v) is 26.7. The van der Waals surface area contributed by atoms with Gasteiger partial charge in [-0.05, 0) is 110 Å². The summed E-state index contributed by atoms with van der Waals surface area (Å²) < 4.78 is 22.7. The van der Waals surface area contributed by atoms with Crippen LogP contribution >= 0.6 is 0 Å². The third-order valence-corrected chi connectivity index (χ3v) is 6.76. The summed E-state index contributed by atoms with van der Waals surface area (Å²) in [6.45, 7) is 5.21. The topological polar surface area (TPSA) is 108 Å². The Hall–Kier alpha value is -6.09. The molecule has 0 aliphatic heterocycles. The van der Waals surface area contributed by atoms with E-state index in [0.29, 0.717) is 52.8 Å². The van der Waals surface area contributed by atoms with E-state index in [2.05, 4.69) is 15.2 Å². The predicted octanol–water partition coefficient (Wildman–Crippen LogP) is 9.87. The molecule has 0 aliphatic carbocycles. The number of nitrogens with zero attached hydrogens (tertiary/aromatic N) is 3. The van der Waals surface area contributed by atoms with E-state index in [9.17, 15) is 9.59 Å². The van der Waals surface area contributed by atoms with Crippen LogP contribution in [-0.4, -0.2) is 31.4 Å². The van der Waals surface area contributed by atoms with Crippen molar-refractivity contribution in [3.05, 3.63) is 138 Å². The Bertz CT molecular complexity index is 1850. The summed E-state index contributed by atoms with van der Waals surface area (Å²) in [6, 6.07) is 34.9. The highest BCUT2D eigenvalue weighted by Crippen LogP contribution is 2.28. The van der Waals surface area contributed by atoms with Crippen molar-refractivity contribution in [2.75, 3.05) is 13.2 Å². The van der Waals surface area contributed by atoms with Crippen LogP contribution in [-0.2, 0) is 0 Å². The first-order valence-corrected chi connectivity index (χ1v) is 15.7. The fourth-order valence-corrected chi connectivity index (χ4v) is 4.27. The maximum Gasteiger partial charge on any atom is 0.343 e. The van der Waals surface area contributed by atoms with Crippen LogP contribution in [0.1, 0.15) is 53.0 Å². The predicted molar refractivity (Wildman–Crippen MR) is 185 cm³/mol. The van der Waals surface area contributed by atoms with Gasteiger partial charge in [0, 0.05) is 17.8 Å². The maximum absolute atomic E-state index is 13.2. The lowest BCUT2D eigenvalue weighted by Crippen LogP contribution is -2.11. The Labute approximate surface area is 279 Å². The molecule has 5 rings (SSSR count). The van der Waals surface area contributed by atoms with E-state index in [1.54, 1.807) is 91.1 Å². The van der Waals surface area contributed by atoms with Crippen molar-refractivity contribution in [2.24, 2.45) is 15.2 Å². The van der Waals surface area contributed by atoms with Crippen molar-refractivity contribution < 1.29 is 28.5 Å². The summed E-state index contributed by atoms with van der Waals surface area (Å²) in [4.78, 5) is 30.7. The number of rotatable bonds is 14. The van der Waals surface area contributed by atoms with Gasteiger partial charge in [0.15, 0.2) is 0 Å². The number of benzene rings is 5. The van der Waals surface area contributed by atoms with Crippen LogP contribution in [0.25, 0.3) is 0 Å². The lowest BCUT2D eigenvalue weighted by Gasteiger charge is -2.11. The summed E-state index contributed by atoms with van der Waals surface area (Å²) >= 11 is 0. The molecule has 0 amide bonds. The second-order valence-electron chi connectivity index (χ2n) is 10.5. The molecule has 0 heterocycles. The highest BCUT2D eigenvalue weighted by atomic mass is 16.5. The summed E-state index contributed by atoms with van der Waals surface area (Å²) in [5.74, 6) is 0.531. The third kappa shape index (κ3) is 9.70. The Morgan fingerprint density at radius 3 is 1.62 bits per heavy atom. The quantitative estimate of drug-likeness (QED) is 0.0517. The smallest absolute Gasteiger partial charge is 0.343 e.